The molecule has 0 aromatic carbocycles. The van der Waals surface area contributed by atoms with Crippen molar-refractivity contribution in [1.82, 2.24) is 4.90 Å². The second-order valence-electron chi connectivity index (χ2n) is 2.28. The van der Waals surface area contributed by atoms with E-state index in [0.29, 0.717) is 6.61 Å². The third-order valence-electron chi connectivity index (χ3n) is 1.23. The molecule has 11 heavy (non-hydrogen) atoms. The second-order valence-corrected chi connectivity index (χ2v) is 2.28. The number of carboxylic acid groups (broad SMARTS) is 1. The number of ether oxygens (including phenoxy) is 1. The molecule has 0 fully saturated rings. The summed E-state index contributed by atoms with van der Waals surface area (Å²) in [5.74, 6) is -0.927. The van der Waals surface area contributed by atoms with E-state index in [1.807, 2.05) is 6.92 Å². The molecule has 0 rings (SSSR count). The van der Waals surface area contributed by atoms with Gasteiger partial charge in [-0.15, -0.1) is 0 Å². The average molecular weight is 160 g/mol. The van der Waals surface area contributed by atoms with Gasteiger partial charge in [0.2, 0.25) is 0 Å². The van der Waals surface area contributed by atoms with Crippen LogP contribution in [0.5, 0.6) is 0 Å². The highest BCUT2D eigenvalue weighted by Gasteiger charge is 2.20. The maximum atomic E-state index is 10.5. The largest absolute Gasteiger partial charge is 0.480 e. The summed E-state index contributed by atoms with van der Waals surface area (Å²) in [4.78, 5) is 12.0. The van der Waals surface area contributed by atoms with Crippen LogP contribution in [0.15, 0.2) is 0 Å². The number of hydrogen-bond acceptors (Lipinski definition) is 3. The van der Waals surface area contributed by atoms with Crippen LogP contribution in [0.1, 0.15) is 6.92 Å². The van der Waals surface area contributed by atoms with Gasteiger partial charge in [0.25, 0.3) is 0 Å². The Morgan fingerprint density at radius 3 is 2.36 bits per heavy atom. The molecule has 0 spiro atoms. The van der Waals surface area contributed by atoms with E-state index in [4.69, 9.17) is 9.84 Å². The topological polar surface area (TPSA) is 49.8 Å². The summed E-state index contributed by atoms with van der Waals surface area (Å²) >= 11 is 0. The number of rotatable bonds is 5. The summed E-state index contributed by atoms with van der Waals surface area (Å²) in [5.41, 5.74) is 0. The van der Waals surface area contributed by atoms with Crippen LogP contribution in [0.25, 0.3) is 0 Å². The summed E-state index contributed by atoms with van der Waals surface area (Å²) in [6.07, 6.45) is 0. The molecule has 0 aliphatic heterocycles. The number of nitrogens with zero attached hydrogens (tertiary/aromatic N) is 1. The van der Waals surface area contributed by atoms with E-state index in [-0.39, 0.29) is 12.6 Å². The predicted molar refractivity (Wildman–Crippen MR) is 41.1 cm³/mol. The van der Waals surface area contributed by atoms with Crippen LogP contribution in [0.4, 0.5) is 0 Å². The molecule has 1 radical (unpaired) electrons. The number of carbonyl (C=O) groups is 1. The highest BCUT2D eigenvalue weighted by Crippen LogP contribution is 2.03. The molecule has 1 N–H and O–H groups in total. The van der Waals surface area contributed by atoms with Gasteiger partial charge in [-0.25, -0.2) is 0 Å². The van der Waals surface area contributed by atoms with E-state index >= 15 is 0 Å². The Bertz CT molecular complexity index is 125. The molecule has 0 saturated heterocycles. The summed E-state index contributed by atoms with van der Waals surface area (Å²) < 4.78 is 4.96. The lowest BCUT2D eigenvalue weighted by atomic mass is 10.3. The lowest BCUT2D eigenvalue weighted by Crippen LogP contribution is -2.31. The molecule has 65 valence electrons. The first kappa shape index (κ1) is 10.4. The lowest BCUT2D eigenvalue weighted by molar-refractivity contribution is -0.138. The fourth-order valence-corrected chi connectivity index (χ4v) is 0.581. The van der Waals surface area contributed by atoms with Crippen LogP contribution in [-0.2, 0) is 9.53 Å². The quantitative estimate of drug-likeness (QED) is 0.624. The van der Waals surface area contributed by atoms with Crippen molar-refractivity contribution in [3.05, 3.63) is 6.04 Å². The van der Waals surface area contributed by atoms with Crippen molar-refractivity contribution in [2.75, 3.05) is 27.3 Å². The molecule has 0 aliphatic carbocycles. The zero-order valence-corrected chi connectivity index (χ0v) is 7.13. The predicted octanol–water partition coefficient (Wildman–Crippen LogP) is 0.201. The second kappa shape index (κ2) is 5.09. The number of carboxylic acids is 1. The van der Waals surface area contributed by atoms with Gasteiger partial charge in [0, 0.05) is 6.61 Å². The number of hydrogen-bond donors (Lipinski definition) is 1. The van der Waals surface area contributed by atoms with Crippen molar-refractivity contribution in [1.29, 1.82) is 0 Å². The van der Waals surface area contributed by atoms with E-state index in [9.17, 15) is 4.79 Å². The number of aliphatic carboxylic acids is 1. The van der Waals surface area contributed by atoms with Gasteiger partial charge in [-0.2, -0.15) is 0 Å². The van der Waals surface area contributed by atoms with Gasteiger partial charge in [0.1, 0.15) is 0 Å². The first-order chi connectivity index (χ1) is 5.09. The van der Waals surface area contributed by atoms with Crippen molar-refractivity contribution >= 4 is 5.97 Å². The lowest BCUT2D eigenvalue weighted by Gasteiger charge is -2.17. The summed E-state index contributed by atoms with van der Waals surface area (Å²) in [6, 6.07) is 0.270. The smallest absolute Gasteiger partial charge is 0.329 e. The molecule has 4 nitrogen and oxygen atoms in total. The van der Waals surface area contributed by atoms with Crippen molar-refractivity contribution in [3.8, 4) is 0 Å². The first-order valence-electron chi connectivity index (χ1n) is 3.43. The fourth-order valence-electron chi connectivity index (χ4n) is 0.581. The summed E-state index contributed by atoms with van der Waals surface area (Å²) in [7, 11) is 3.37. The molecule has 0 aliphatic rings. The van der Waals surface area contributed by atoms with Gasteiger partial charge >= 0.3 is 5.97 Å². The van der Waals surface area contributed by atoms with Gasteiger partial charge in [-0.3, -0.25) is 9.69 Å². The minimum Gasteiger partial charge on any atom is -0.480 e. The average Bonchev–Trinajstić information content (AvgIpc) is 1.87. The molecule has 0 bridgehead atoms. The van der Waals surface area contributed by atoms with Crippen molar-refractivity contribution < 1.29 is 14.6 Å². The third-order valence-corrected chi connectivity index (χ3v) is 1.23. The van der Waals surface area contributed by atoms with Gasteiger partial charge in [0.05, 0.1) is 6.61 Å². The van der Waals surface area contributed by atoms with Gasteiger partial charge in [0.15, 0.2) is 6.04 Å². The van der Waals surface area contributed by atoms with E-state index in [0.717, 1.165) is 0 Å². The Balaban J connectivity index is 3.80. The SMILES string of the molecule is CCOC[C](C(=O)O)N(C)C. The number of likely N-dealkylation sites (N-methyl/N-ethyl adjacent to an activating group) is 1. The fraction of sp³-hybridized carbons (Fsp3) is 0.714. The zero-order valence-electron chi connectivity index (χ0n) is 7.13. The summed E-state index contributed by atoms with van der Waals surface area (Å²) in [6.45, 7) is 2.53. The van der Waals surface area contributed by atoms with E-state index in [1.54, 1.807) is 14.1 Å². The van der Waals surface area contributed by atoms with Crippen LogP contribution < -0.4 is 0 Å². The van der Waals surface area contributed by atoms with Gasteiger partial charge in [-0.05, 0) is 21.0 Å². The van der Waals surface area contributed by atoms with E-state index in [2.05, 4.69) is 0 Å². The minimum atomic E-state index is -0.927. The Hall–Kier alpha value is -0.610. The van der Waals surface area contributed by atoms with Crippen LogP contribution in [0.3, 0.4) is 0 Å². The van der Waals surface area contributed by atoms with Gasteiger partial charge in [-0.1, -0.05) is 0 Å². The molecule has 0 heterocycles. The molecule has 4 heteroatoms. The van der Waals surface area contributed by atoms with Gasteiger partial charge < -0.3 is 9.84 Å². The van der Waals surface area contributed by atoms with Crippen LogP contribution >= 0.6 is 0 Å². The third kappa shape index (κ3) is 3.95. The minimum absolute atomic E-state index is 0.166. The van der Waals surface area contributed by atoms with Crippen LogP contribution in [0.2, 0.25) is 0 Å². The van der Waals surface area contributed by atoms with Crippen molar-refractivity contribution in [2.24, 2.45) is 0 Å². The standard InChI is InChI=1S/C7H14NO3/c1-4-11-5-6(7(9)10)8(2)3/h4-5H2,1-3H3,(H,9,10). The maximum Gasteiger partial charge on any atom is 0.329 e. The summed E-state index contributed by atoms with van der Waals surface area (Å²) in [5, 5.41) is 8.61. The molecule has 0 unspecified atom stereocenters. The Labute approximate surface area is 66.8 Å². The molecular weight excluding hydrogens is 146 g/mol. The van der Waals surface area contributed by atoms with Crippen molar-refractivity contribution in [3.63, 3.8) is 0 Å². The Kier molecular flexibility index (Phi) is 4.81. The highest BCUT2D eigenvalue weighted by atomic mass is 16.5. The Morgan fingerprint density at radius 1 is 1.55 bits per heavy atom. The molecule has 0 atom stereocenters. The maximum absolute atomic E-state index is 10.5. The molecule has 0 aromatic rings. The zero-order chi connectivity index (χ0) is 8.85. The molecule has 0 aromatic heterocycles. The monoisotopic (exact) mass is 160 g/mol. The molecule has 0 amide bonds. The Morgan fingerprint density at radius 2 is 2.09 bits per heavy atom. The normalized spacial score (nSPS) is 11.0. The molecule has 0 saturated carbocycles. The van der Waals surface area contributed by atoms with Crippen LogP contribution in [0, 0.1) is 6.04 Å². The highest BCUT2D eigenvalue weighted by molar-refractivity contribution is 5.82. The van der Waals surface area contributed by atoms with E-state index in [1.165, 1.54) is 4.90 Å². The van der Waals surface area contributed by atoms with Crippen molar-refractivity contribution in [2.45, 2.75) is 6.92 Å². The van der Waals surface area contributed by atoms with E-state index < -0.39 is 5.97 Å². The first-order valence-corrected chi connectivity index (χ1v) is 3.43. The molecular formula is C7H14NO3. The van der Waals surface area contributed by atoms with Crippen LogP contribution in [-0.4, -0.2) is 43.3 Å².